The van der Waals surface area contributed by atoms with E-state index in [9.17, 15) is 0 Å². The molecular weight excluding hydrogens is 553 g/mol. The molecule has 0 bridgehead atoms. The molecule has 0 nitrogen and oxygen atoms in total. The second kappa shape index (κ2) is 14.3. The van der Waals surface area contributed by atoms with Crippen molar-refractivity contribution in [3.63, 3.8) is 0 Å². The Morgan fingerprint density at radius 3 is 1.57 bits per heavy atom. The molecule has 0 N–H and O–H groups in total. The third-order valence-electron chi connectivity index (χ3n) is 10.0. The molecule has 0 aromatic heterocycles. The molecule has 0 saturated carbocycles. The molecule has 0 spiro atoms. The summed E-state index contributed by atoms with van der Waals surface area (Å²) in [7, 11) is 0. The van der Waals surface area contributed by atoms with Crippen molar-refractivity contribution < 1.29 is 0 Å². The quantitative estimate of drug-likeness (QED) is 0.0863. The Kier molecular flexibility index (Phi) is 9.43. The zero-order valence-electron chi connectivity index (χ0n) is 27.4. The van der Waals surface area contributed by atoms with E-state index in [1.807, 2.05) is 0 Å². The van der Waals surface area contributed by atoms with Crippen LogP contribution in [0.15, 0.2) is 127 Å². The van der Waals surface area contributed by atoms with Gasteiger partial charge in [0.1, 0.15) is 0 Å². The zero-order valence-corrected chi connectivity index (χ0v) is 27.4. The minimum atomic E-state index is 1.09. The average Bonchev–Trinajstić information content (AvgIpc) is 3.12. The van der Waals surface area contributed by atoms with Crippen molar-refractivity contribution in [2.45, 2.75) is 77.6 Å². The third-order valence-corrected chi connectivity index (χ3v) is 10.0. The summed E-state index contributed by atoms with van der Waals surface area (Å²) in [4.78, 5) is 0. The normalized spacial score (nSPS) is 11.7. The van der Waals surface area contributed by atoms with Crippen molar-refractivity contribution in [3.05, 3.63) is 133 Å². The SMILES string of the molecule is CCCCCCCCCCCCc1c(-c2ccccc2)c(-c2ccccc2)c2c(-c3ccccc3)cc3cccc4ccc1c2c43. The van der Waals surface area contributed by atoms with Crippen molar-refractivity contribution in [2.24, 2.45) is 0 Å². The minimum absolute atomic E-state index is 1.09. The highest BCUT2D eigenvalue weighted by molar-refractivity contribution is 6.31. The molecule has 0 saturated heterocycles. The van der Waals surface area contributed by atoms with Gasteiger partial charge in [-0.1, -0.05) is 186 Å². The zero-order chi connectivity index (χ0) is 31.1. The van der Waals surface area contributed by atoms with E-state index in [4.69, 9.17) is 0 Å². The Morgan fingerprint density at radius 1 is 0.391 bits per heavy atom. The molecule has 0 amide bonds. The lowest BCUT2D eigenvalue weighted by atomic mass is 9.78. The second-order valence-electron chi connectivity index (χ2n) is 13.1. The van der Waals surface area contributed by atoms with E-state index in [0.717, 1.165) is 6.42 Å². The average molecular weight is 599 g/mol. The van der Waals surface area contributed by atoms with Crippen LogP contribution in [0.25, 0.3) is 65.7 Å². The lowest BCUT2D eigenvalue weighted by Crippen LogP contribution is -2.01. The largest absolute Gasteiger partial charge is 0.0654 e. The summed E-state index contributed by atoms with van der Waals surface area (Å²) in [6.07, 6.45) is 14.6. The van der Waals surface area contributed by atoms with Crippen LogP contribution in [0.4, 0.5) is 0 Å². The molecule has 0 atom stereocenters. The molecule has 0 radical (unpaired) electrons. The van der Waals surface area contributed by atoms with Crippen LogP contribution in [0.2, 0.25) is 0 Å². The van der Waals surface area contributed by atoms with Crippen LogP contribution in [-0.4, -0.2) is 0 Å². The molecule has 0 fully saturated rings. The predicted octanol–water partition coefficient (Wildman–Crippen LogP) is 14.0. The first-order valence-electron chi connectivity index (χ1n) is 17.8. The van der Waals surface area contributed by atoms with Gasteiger partial charge in [-0.3, -0.25) is 0 Å². The van der Waals surface area contributed by atoms with Gasteiger partial charge >= 0.3 is 0 Å². The van der Waals surface area contributed by atoms with Crippen LogP contribution in [0, 0.1) is 0 Å². The summed E-state index contributed by atoms with van der Waals surface area (Å²) in [5.74, 6) is 0. The lowest BCUT2D eigenvalue weighted by molar-refractivity contribution is 0.556. The van der Waals surface area contributed by atoms with Crippen LogP contribution in [0.5, 0.6) is 0 Å². The van der Waals surface area contributed by atoms with E-state index < -0.39 is 0 Å². The summed E-state index contributed by atoms with van der Waals surface area (Å²) < 4.78 is 0. The molecule has 46 heavy (non-hydrogen) atoms. The van der Waals surface area contributed by atoms with Gasteiger partial charge < -0.3 is 0 Å². The number of benzene rings is 7. The summed E-state index contributed by atoms with van der Waals surface area (Å²) >= 11 is 0. The van der Waals surface area contributed by atoms with E-state index in [-0.39, 0.29) is 0 Å². The predicted molar refractivity (Wildman–Crippen MR) is 202 cm³/mol. The van der Waals surface area contributed by atoms with Gasteiger partial charge in [0.15, 0.2) is 0 Å². The number of unbranched alkanes of at least 4 members (excludes halogenated alkanes) is 9. The summed E-state index contributed by atoms with van der Waals surface area (Å²) in [6, 6.07) is 47.5. The fraction of sp³-hybridized carbons (Fsp3) is 0.261. The van der Waals surface area contributed by atoms with Crippen LogP contribution < -0.4 is 0 Å². The van der Waals surface area contributed by atoms with Crippen LogP contribution in [0.1, 0.15) is 76.7 Å². The van der Waals surface area contributed by atoms with Gasteiger partial charge in [0, 0.05) is 0 Å². The molecule has 7 rings (SSSR count). The Bertz CT molecular complexity index is 2000. The maximum atomic E-state index is 2.45. The molecule has 230 valence electrons. The lowest BCUT2D eigenvalue weighted by Gasteiger charge is -2.25. The first kappa shape index (κ1) is 30.2. The fourth-order valence-electron chi connectivity index (χ4n) is 7.78. The third kappa shape index (κ3) is 6.06. The van der Waals surface area contributed by atoms with E-state index in [0.29, 0.717) is 0 Å². The van der Waals surface area contributed by atoms with Gasteiger partial charge in [0.25, 0.3) is 0 Å². The monoisotopic (exact) mass is 598 g/mol. The molecule has 0 aliphatic carbocycles. The Hall–Kier alpha value is -4.42. The summed E-state index contributed by atoms with van der Waals surface area (Å²) in [5.41, 5.74) is 9.49. The first-order chi connectivity index (χ1) is 22.8. The van der Waals surface area contributed by atoms with Gasteiger partial charge in [0.2, 0.25) is 0 Å². The van der Waals surface area contributed by atoms with Crippen molar-refractivity contribution >= 4 is 32.3 Å². The maximum Gasteiger partial charge on any atom is -0.000766 e. The van der Waals surface area contributed by atoms with Gasteiger partial charge in [-0.2, -0.15) is 0 Å². The van der Waals surface area contributed by atoms with Crippen LogP contribution in [-0.2, 0) is 6.42 Å². The standard InChI is InChI=1S/C46H46/c1-2-3-4-5-6-7-8-9-10-20-30-39-40-32-31-37-28-21-29-38-33-41(34-22-14-11-15-23-34)46(45(40)42(37)38)44(36-26-18-13-19-27-36)43(39)35-24-16-12-17-25-35/h11-19,21-29,31-33H,2-10,20,30H2,1H3. The van der Waals surface area contributed by atoms with Crippen molar-refractivity contribution in [1.82, 2.24) is 0 Å². The molecule has 7 aromatic rings. The first-order valence-corrected chi connectivity index (χ1v) is 17.8. The Labute approximate surface area is 275 Å². The number of hydrogen-bond donors (Lipinski definition) is 0. The highest BCUT2D eigenvalue weighted by Gasteiger charge is 2.24. The fourth-order valence-corrected chi connectivity index (χ4v) is 7.78. The topological polar surface area (TPSA) is 0 Å². The maximum absolute atomic E-state index is 2.45. The van der Waals surface area contributed by atoms with E-state index >= 15 is 0 Å². The summed E-state index contributed by atoms with van der Waals surface area (Å²) in [5, 5.41) is 8.27. The molecular formula is C46H46. The van der Waals surface area contributed by atoms with E-state index in [1.165, 1.54) is 135 Å². The molecule has 0 unspecified atom stereocenters. The van der Waals surface area contributed by atoms with Gasteiger partial charge in [0.05, 0.1) is 0 Å². The molecule has 0 heterocycles. The highest BCUT2D eigenvalue weighted by atomic mass is 14.3. The van der Waals surface area contributed by atoms with Gasteiger partial charge in [-0.25, -0.2) is 0 Å². The van der Waals surface area contributed by atoms with E-state index in [2.05, 4.69) is 134 Å². The molecule has 7 aromatic carbocycles. The van der Waals surface area contributed by atoms with Crippen molar-refractivity contribution in [3.8, 4) is 33.4 Å². The molecule has 0 aliphatic heterocycles. The van der Waals surface area contributed by atoms with Gasteiger partial charge in [-0.05, 0) is 90.2 Å². The minimum Gasteiger partial charge on any atom is -0.0654 e. The van der Waals surface area contributed by atoms with Gasteiger partial charge in [-0.15, -0.1) is 0 Å². The van der Waals surface area contributed by atoms with Crippen molar-refractivity contribution in [1.29, 1.82) is 0 Å². The van der Waals surface area contributed by atoms with Crippen molar-refractivity contribution in [2.75, 3.05) is 0 Å². The summed E-state index contributed by atoms with van der Waals surface area (Å²) in [6.45, 7) is 2.30. The number of rotatable bonds is 14. The van der Waals surface area contributed by atoms with E-state index in [1.54, 1.807) is 0 Å². The number of aryl methyl sites for hydroxylation is 1. The highest BCUT2D eigenvalue weighted by Crippen LogP contribution is 2.51. The van der Waals surface area contributed by atoms with Crippen LogP contribution in [0.3, 0.4) is 0 Å². The Balaban J connectivity index is 1.42. The number of hydrogen-bond acceptors (Lipinski definition) is 0. The second-order valence-corrected chi connectivity index (χ2v) is 13.1. The molecule has 0 aliphatic rings. The smallest absolute Gasteiger partial charge is 0.000766 e. The molecule has 0 heteroatoms. The van der Waals surface area contributed by atoms with Crippen LogP contribution >= 0.6 is 0 Å². The Morgan fingerprint density at radius 2 is 0.935 bits per heavy atom.